The van der Waals surface area contributed by atoms with E-state index in [-0.39, 0.29) is 18.4 Å². The predicted molar refractivity (Wildman–Crippen MR) is 92.8 cm³/mol. The fraction of sp³-hybridized carbons (Fsp3) is 0.562. The fourth-order valence-corrected chi connectivity index (χ4v) is 2.89. The summed E-state index contributed by atoms with van der Waals surface area (Å²) < 4.78 is 35.1. The number of hydrogen-bond acceptors (Lipinski definition) is 5. The van der Waals surface area contributed by atoms with E-state index in [2.05, 4.69) is 5.32 Å². The van der Waals surface area contributed by atoms with Crippen molar-refractivity contribution in [2.45, 2.75) is 13.8 Å². The zero-order chi connectivity index (χ0) is 18.2. The number of methoxy groups -OCH3 is 1. The molecule has 0 aliphatic heterocycles. The highest BCUT2D eigenvalue weighted by atomic mass is 32.2. The molecule has 0 atom stereocenters. The lowest BCUT2D eigenvalue weighted by molar-refractivity contribution is -0.121. The molecule has 0 heterocycles. The number of carbonyl (C=O) groups is 1. The summed E-state index contributed by atoms with van der Waals surface area (Å²) in [5.74, 6) is 1.20. The summed E-state index contributed by atoms with van der Waals surface area (Å²) in [6.45, 7) is 4.52. The third kappa shape index (κ3) is 7.65. The van der Waals surface area contributed by atoms with E-state index in [1.54, 1.807) is 31.4 Å². The van der Waals surface area contributed by atoms with Gasteiger partial charge in [-0.1, -0.05) is 13.8 Å². The average molecular weight is 358 g/mol. The number of carbonyl (C=O) groups excluding carboxylic acids is 1. The third-order valence-electron chi connectivity index (χ3n) is 3.11. The fourth-order valence-electron chi connectivity index (χ4n) is 1.97. The molecule has 8 heteroatoms. The first-order valence-electron chi connectivity index (χ1n) is 7.71. The maximum Gasteiger partial charge on any atom is 0.235 e. The molecule has 0 saturated carbocycles. The van der Waals surface area contributed by atoms with Gasteiger partial charge in [0.05, 0.1) is 26.5 Å². The third-order valence-corrected chi connectivity index (χ3v) is 4.33. The molecule has 0 aliphatic rings. The molecule has 0 aliphatic carbocycles. The molecule has 0 fully saturated rings. The van der Waals surface area contributed by atoms with Crippen LogP contribution < -0.4 is 14.8 Å². The van der Waals surface area contributed by atoms with Crippen molar-refractivity contribution in [2.24, 2.45) is 5.92 Å². The zero-order valence-corrected chi connectivity index (χ0v) is 15.4. The molecule has 1 aromatic rings. The highest BCUT2D eigenvalue weighted by molar-refractivity contribution is 7.88. The van der Waals surface area contributed by atoms with Crippen molar-refractivity contribution >= 4 is 15.9 Å². The molecule has 0 saturated heterocycles. The molecule has 1 rings (SSSR count). The van der Waals surface area contributed by atoms with Crippen molar-refractivity contribution in [1.82, 2.24) is 9.62 Å². The number of amides is 1. The Kier molecular flexibility index (Phi) is 8.00. The van der Waals surface area contributed by atoms with Crippen LogP contribution in [0.4, 0.5) is 0 Å². The molecule has 136 valence electrons. The van der Waals surface area contributed by atoms with Crippen molar-refractivity contribution in [1.29, 1.82) is 0 Å². The minimum atomic E-state index is -3.41. The van der Waals surface area contributed by atoms with Crippen LogP contribution in [0, 0.1) is 5.92 Å². The zero-order valence-electron chi connectivity index (χ0n) is 14.6. The predicted octanol–water partition coefficient (Wildman–Crippen LogP) is 1.11. The maximum absolute atomic E-state index is 11.9. The van der Waals surface area contributed by atoms with Gasteiger partial charge in [-0.3, -0.25) is 4.79 Å². The maximum atomic E-state index is 11.9. The first-order chi connectivity index (χ1) is 11.2. The second-order valence-electron chi connectivity index (χ2n) is 5.82. The first-order valence-corrected chi connectivity index (χ1v) is 9.56. The molecular formula is C16H26N2O5S. The monoisotopic (exact) mass is 358 g/mol. The molecule has 0 aromatic heterocycles. The average Bonchev–Trinajstić information content (AvgIpc) is 2.50. The molecule has 0 unspecified atom stereocenters. The molecule has 1 amide bonds. The van der Waals surface area contributed by atoms with Crippen LogP contribution in [0.3, 0.4) is 0 Å². The summed E-state index contributed by atoms with van der Waals surface area (Å²) in [4.78, 5) is 11.9. The van der Waals surface area contributed by atoms with Crippen LogP contribution in [0.2, 0.25) is 0 Å². The Morgan fingerprint density at radius 3 is 2.29 bits per heavy atom. The van der Waals surface area contributed by atoms with Gasteiger partial charge in [0.25, 0.3) is 0 Å². The normalized spacial score (nSPS) is 11.6. The number of hydrogen-bond donors (Lipinski definition) is 1. The Bertz CT molecular complexity index is 614. The number of nitrogens with zero attached hydrogens (tertiary/aromatic N) is 1. The minimum absolute atomic E-state index is 0.144. The number of rotatable bonds is 10. The van der Waals surface area contributed by atoms with Gasteiger partial charge in [0.2, 0.25) is 15.9 Å². The summed E-state index contributed by atoms with van der Waals surface area (Å²) in [6.07, 6.45) is 1.11. The molecule has 24 heavy (non-hydrogen) atoms. The number of ether oxygens (including phenoxy) is 2. The van der Waals surface area contributed by atoms with Crippen molar-refractivity contribution < 1.29 is 22.7 Å². The Hall–Kier alpha value is -1.80. The van der Waals surface area contributed by atoms with Gasteiger partial charge >= 0.3 is 0 Å². The van der Waals surface area contributed by atoms with Gasteiger partial charge in [0.1, 0.15) is 18.1 Å². The van der Waals surface area contributed by atoms with E-state index in [9.17, 15) is 13.2 Å². The highest BCUT2D eigenvalue weighted by Gasteiger charge is 2.20. The second-order valence-corrected chi connectivity index (χ2v) is 7.81. The van der Waals surface area contributed by atoms with Gasteiger partial charge in [-0.2, -0.15) is 4.31 Å². The molecule has 0 radical (unpaired) electrons. The summed E-state index contributed by atoms with van der Waals surface area (Å²) in [5, 5.41) is 2.66. The van der Waals surface area contributed by atoms with Crippen molar-refractivity contribution in [3.63, 3.8) is 0 Å². The SMILES string of the molecule is COc1ccc(OCCNC(=O)CN(CC(C)C)S(C)(=O)=O)cc1. The van der Waals surface area contributed by atoms with Crippen molar-refractivity contribution in [2.75, 3.05) is 39.6 Å². The van der Waals surface area contributed by atoms with E-state index in [4.69, 9.17) is 9.47 Å². The van der Waals surface area contributed by atoms with E-state index in [1.807, 2.05) is 13.8 Å². The Labute approximate surface area is 144 Å². The van der Waals surface area contributed by atoms with Crippen molar-refractivity contribution in [3.05, 3.63) is 24.3 Å². The van der Waals surface area contributed by atoms with Gasteiger partial charge in [0.15, 0.2) is 0 Å². The standard InChI is InChI=1S/C16H26N2O5S/c1-13(2)11-18(24(4,20)21)12-16(19)17-9-10-23-15-7-5-14(22-3)6-8-15/h5-8,13H,9-12H2,1-4H3,(H,17,19). The van der Waals surface area contributed by atoms with E-state index in [0.29, 0.717) is 25.4 Å². The Balaban J connectivity index is 2.36. The summed E-state index contributed by atoms with van der Waals surface area (Å²) in [6, 6.07) is 7.11. The van der Waals surface area contributed by atoms with Crippen LogP contribution in [-0.4, -0.2) is 58.2 Å². The van der Waals surface area contributed by atoms with Gasteiger partial charge in [-0.05, 0) is 30.2 Å². The van der Waals surface area contributed by atoms with Gasteiger partial charge < -0.3 is 14.8 Å². The molecule has 1 aromatic carbocycles. The Morgan fingerprint density at radius 2 is 1.79 bits per heavy atom. The van der Waals surface area contributed by atoms with Crippen LogP contribution in [0.5, 0.6) is 11.5 Å². The van der Waals surface area contributed by atoms with Gasteiger partial charge in [-0.15, -0.1) is 0 Å². The van der Waals surface area contributed by atoms with Crippen LogP contribution in [0.15, 0.2) is 24.3 Å². The molecule has 7 nitrogen and oxygen atoms in total. The molecular weight excluding hydrogens is 332 g/mol. The van der Waals surface area contributed by atoms with E-state index < -0.39 is 10.0 Å². The number of nitrogens with one attached hydrogen (secondary N) is 1. The van der Waals surface area contributed by atoms with Gasteiger partial charge in [0, 0.05) is 6.54 Å². The lowest BCUT2D eigenvalue weighted by Crippen LogP contribution is -2.42. The highest BCUT2D eigenvalue weighted by Crippen LogP contribution is 2.16. The number of sulfonamides is 1. The largest absolute Gasteiger partial charge is 0.497 e. The van der Waals surface area contributed by atoms with Crippen LogP contribution in [0.1, 0.15) is 13.8 Å². The van der Waals surface area contributed by atoms with Gasteiger partial charge in [-0.25, -0.2) is 8.42 Å². The lowest BCUT2D eigenvalue weighted by atomic mass is 10.2. The van der Waals surface area contributed by atoms with E-state index in [1.165, 1.54) is 4.31 Å². The van der Waals surface area contributed by atoms with E-state index >= 15 is 0 Å². The number of benzene rings is 1. The molecule has 1 N–H and O–H groups in total. The summed E-state index contributed by atoms with van der Waals surface area (Å²) in [5.41, 5.74) is 0. The van der Waals surface area contributed by atoms with Crippen LogP contribution in [0.25, 0.3) is 0 Å². The Morgan fingerprint density at radius 1 is 1.21 bits per heavy atom. The topological polar surface area (TPSA) is 84.9 Å². The summed E-state index contributed by atoms with van der Waals surface area (Å²) >= 11 is 0. The first kappa shape index (κ1) is 20.2. The second kappa shape index (κ2) is 9.48. The van der Waals surface area contributed by atoms with Crippen LogP contribution >= 0.6 is 0 Å². The summed E-state index contributed by atoms with van der Waals surface area (Å²) in [7, 11) is -1.82. The lowest BCUT2D eigenvalue weighted by Gasteiger charge is -2.21. The van der Waals surface area contributed by atoms with E-state index in [0.717, 1.165) is 12.0 Å². The minimum Gasteiger partial charge on any atom is -0.497 e. The van der Waals surface area contributed by atoms with Crippen molar-refractivity contribution in [3.8, 4) is 11.5 Å². The van der Waals surface area contributed by atoms with Crippen LogP contribution in [-0.2, 0) is 14.8 Å². The smallest absolute Gasteiger partial charge is 0.235 e. The quantitative estimate of drug-likeness (QED) is 0.633. The molecule has 0 spiro atoms. The molecule has 0 bridgehead atoms.